The number of nitrogens with zero attached hydrogens (tertiary/aromatic N) is 3. The molecular formula is C55H43N3Si. The first-order valence-corrected chi connectivity index (χ1v) is 23.9. The molecule has 0 aliphatic heterocycles. The first-order chi connectivity index (χ1) is 28.9. The van der Waals surface area contributed by atoms with Crippen LogP contribution < -0.4 is 5.19 Å². The van der Waals surface area contributed by atoms with Gasteiger partial charge < -0.3 is 0 Å². The van der Waals surface area contributed by atoms with Gasteiger partial charge in [0.1, 0.15) is 0 Å². The van der Waals surface area contributed by atoms with Crippen molar-refractivity contribution < 1.29 is 0 Å². The van der Waals surface area contributed by atoms with E-state index < -0.39 is 13.5 Å². The van der Waals surface area contributed by atoms with Crippen LogP contribution in [0.1, 0.15) is 22.3 Å². The first-order valence-electron chi connectivity index (χ1n) is 20.4. The van der Waals surface area contributed by atoms with E-state index in [9.17, 15) is 0 Å². The van der Waals surface area contributed by atoms with E-state index in [0.29, 0.717) is 17.5 Å². The number of fused-ring (bicyclic) bond motifs is 3. The average molecular weight is 774 g/mol. The van der Waals surface area contributed by atoms with Crippen molar-refractivity contribution >= 4 is 13.3 Å². The maximum atomic E-state index is 4.98. The Bertz CT molecular complexity index is 2840. The van der Waals surface area contributed by atoms with Crippen molar-refractivity contribution in [2.24, 2.45) is 0 Å². The van der Waals surface area contributed by atoms with Crippen molar-refractivity contribution in [1.82, 2.24) is 15.0 Å². The molecule has 0 saturated heterocycles. The molecule has 1 aliphatic rings. The molecule has 8 aromatic carbocycles. The summed E-state index contributed by atoms with van der Waals surface area (Å²) < 4.78 is 0. The Kier molecular flexibility index (Phi) is 9.07. The lowest BCUT2D eigenvalue weighted by Gasteiger charge is -2.34. The highest BCUT2D eigenvalue weighted by atomic mass is 28.3. The number of hydrogen-bond donors (Lipinski definition) is 0. The molecule has 59 heavy (non-hydrogen) atoms. The Labute approximate surface area is 347 Å². The van der Waals surface area contributed by atoms with E-state index in [2.05, 4.69) is 165 Å². The van der Waals surface area contributed by atoms with E-state index in [1.807, 2.05) is 60.7 Å². The van der Waals surface area contributed by atoms with Gasteiger partial charge in [-0.2, -0.15) is 0 Å². The number of benzene rings is 8. The Morgan fingerprint density at radius 1 is 0.322 bits per heavy atom. The van der Waals surface area contributed by atoms with Crippen LogP contribution in [0.4, 0.5) is 0 Å². The van der Waals surface area contributed by atoms with Gasteiger partial charge in [-0.3, -0.25) is 0 Å². The second-order valence-electron chi connectivity index (χ2n) is 16.4. The molecule has 0 bridgehead atoms. The van der Waals surface area contributed by atoms with E-state index >= 15 is 0 Å². The summed E-state index contributed by atoms with van der Waals surface area (Å²) in [5.74, 6) is 1.96. The fraction of sp³-hybridized carbons (Fsp3) is 0.0727. The third kappa shape index (κ3) is 6.52. The maximum Gasteiger partial charge on any atom is 0.164 e. The molecule has 10 rings (SSSR count). The predicted octanol–water partition coefficient (Wildman–Crippen LogP) is 13.1. The van der Waals surface area contributed by atoms with Gasteiger partial charge in [-0.05, 0) is 67.8 Å². The molecule has 9 aromatic rings. The van der Waals surface area contributed by atoms with Gasteiger partial charge >= 0.3 is 0 Å². The molecule has 0 amide bonds. The van der Waals surface area contributed by atoms with Crippen LogP contribution in [0.15, 0.2) is 206 Å². The summed E-state index contributed by atoms with van der Waals surface area (Å²) in [7, 11) is -1.59. The van der Waals surface area contributed by atoms with Gasteiger partial charge in [-0.25, -0.2) is 15.0 Å². The molecule has 1 heterocycles. The molecule has 0 radical (unpaired) electrons. The van der Waals surface area contributed by atoms with Crippen LogP contribution in [0.25, 0.3) is 67.5 Å². The van der Waals surface area contributed by atoms with Gasteiger partial charge in [-0.15, -0.1) is 0 Å². The third-order valence-corrected chi connectivity index (χ3v) is 13.8. The van der Waals surface area contributed by atoms with E-state index in [0.717, 1.165) is 27.8 Å². The van der Waals surface area contributed by atoms with E-state index in [4.69, 9.17) is 15.0 Å². The Morgan fingerprint density at radius 3 is 1.22 bits per heavy atom. The second-order valence-corrected chi connectivity index (χ2v) is 21.5. The molecule has 0 saturated carbocycles. The quantitative estimate of drug-likeness (QED) is 0.144. The largest absolute Gasteiger partial charge is 0.208 e. The van der Waals surface area contributed by atoms with E-state index in [-0.39, 0.29) is 0 Å². The van der Waals surface area contributed by atoms with Gasteiger partial charge in [0.15, 0.2) is 17.5 Å². The minimum absolute atomic E-state index is 0.416. The molecule has 0 unspecified atom stereocenters. The summed E-state index contributed by atoms with van der Waals surface area (Å²) in [5, 5.41) is 1.47. The van der Waals surface area contributed by atoms with Crippen molar-refractivity contribution in [3.05, 3.63) is 229 Å². The molecular weight excluding hydrogens is 731 g/mol. The minimum atomic E-state index is -1.59. The zero-order valence-corrected chi connectivity index (χ0v) is 34.5. The highest BCUT2D eigenvalue weighted by Gasteiger charge is 2.46. The Balaban J connectivity index is 1.05. The zero-order chi connectivity index (χ0) is 40.0. The monoisotopic (exact) mass is 773 g/mol. The summed E-state index contributed by atoms with van der Waals surface area (Å²) >= 11 is 0. The highest BCUT2D eigenvalue weighted by molar-refractivity contribution is 6.88. The van der Waals surface area contributed by atoms with Crippen LogP contribution >= 0.6 is 0 Å². The first kappa shape index (κ1) is 36.3. The van der Waals surface area contributed by atoms with Crippen LogP contribution in [0.5, 0.6) is 0 Å². The summed E-state index contributed by atoms with van der Waals surface area (Å²) in [6.45, 7) is 7.32. The van der Waals surface area contributed by atoms with Crippen molar-refractivity contribution in [2.75, 3.05) is 0 Å². The number of hydrogen-bond acceptors (Lipinski definition) is 3. The standard InChI is InChI=1S/C55H43N3Si/c1-59(2,3)47-32-34-51-49(37-47)48-36-43(31-33-50(48)55(51,45-23-12-6-13-24-45)46-25-14-7-15-26-46)39-29-27-38(28-30-39)42-21-16-22-44(35-42)54-57-52(40-17-8-4-9-18-40)56-53(58-54)41-19-10-5-11-20-41/h4-37H,1-3H3. The summed E-state index contributed by atoms with van der Waals surface area (Å²) in [4.78, 5) is 14.8. The van der Waals surface area contributed by atoms with E-state index in [1.54, 1.807) is 0 Å². The smallest absolute Gasteiger partial charge is 0.164 e. The SMILES string of the molecule is C[Si](C)(C)c1ccc2c(c1)-c1cc(-c3ccc(-c4cccc(-c5nc(-c6ccccc6)nc(-c6ccccc6)n5)c4)cc3)ccc1C2(c1ccccc1)c1ccccc1. The van der Waals surface area contributed by atoms with Crippen molar-refractivity contribution in [2.45, 2.75) is 25.1 Å². The lowest BCUT2D eigenvalue weighted by molar-refractivity contribution is 0.769. The zero-order valence-electron chi connectivity index (χ0n) is 33.5. The van der Waals surface area contributed by atoms with Crippen LogP contribution in [0.3, 0.4) is 0 Å². The van der Waals surface area contributed by atoms with Crippen LogP contribution in [0.2, 0.25) is 19.6 Å². The van der Waals surface area contributed by atoms with Crippen molar-refractivity contribution in [3.63, 3.8) is 0 Å². The fourth-order valence-electron chi connectivity index (χ4n) is 8.77. The normalized spacial score (nSPS) is 12.8. The number of rotatable bonds is 8. The summed E-state index contributed by atoms with van der Waals surface area (Å²) in [6.07, 6.45) is 0. The van der Waals surface area contributed by atoms with Crippen LogP contribution in [0, 0.1) is 0 Å². The van der Waals surface area contributed by atoms with Crippen LogP contribution in [-0.4, -0.2) is 23.0 Å². The van der Waals surface area contributed by atoms with Crippen molar-refractivity contribution in [1.29, 1.82) is 0 Å². The topological polar surface area (TPSA) is 38.7 Å². The molecule has 0 fully saturated rings. The molecule has 0 N–H and O–H groups in total. The summed E-state index contributed by atoms with van der Waals surface area (Å²) in [5.41, 5.74) is 15.0. The molecule has 0 atom stereocenters. The van der Waals surface area contributed by atoms with Crippen molar-refractivity contribution in [3.8, 4) is 67.5 Å². The lowest BCUT2D eigenvalue weighted by atomic mass is 9.67. The fourth-order valence-corrected chi connectivity index (χ4v) is 9.94. The van der Waals surface area contributed by atoms with Gasteiger partial charge in [0.05, 0.1) is 13.5 Å². The van der Waals surface area contributed by atoms with Crippen LogP contribution in [-0.2, 0) is 5.41 Å². The Hall–Kier alpha value is -7.01. The van der Waals surface area contributed by atoms with Gasteiger partial charge in [0.2, 0.25) is 0 Å². The van der Waals surface area contributed by atoms with E-state index in [1.165, 1.54) is 49.7 Å². The van der Waals surface area contributed by atoms with Gasteiger partial charge in [-0.1, -0.05) is 219 Å². The molecule has 4 heteroatoms. The maximum absolute atomic E-state index is 4.98. The van der Waals surface area contributed by atoms with Gasteiger partial charge in [0.25, 0.3) is 0 Å². The van der Waals surface area contributed by atoms with Gasteiger partial charge in [0, 0.05) is 16.7 Å². The second kappa shape index (κ2) is 14.7. The number of aromatic nitrogens is 3. The lowest BCUT2D eigenvalue weighted by Crippen LogP contribution is -2.38. The predicted molar refractivity (Wildman–Crippen MR) is 247 cm³/mol. The Morgan fingerprint density at radius 2 is 0.712 bits per heavy atom. The molecule has 3 nitrogen and oxygen atoms in total. The third-order valence-electron chi connectivity index (χ3n) is 11.8. The molecule has 282 valence electrons. The molecule has 1 aromatic heterocycles. The highest BCUT2D eigenvalue weighted by Crippen LogP contribution is 2.56. The average Bonchev–Trinajstić information content (AvgIpc) is 3.60. The summed E-state index contributed by atoms with van der Waals surface area (Å²) in [6, 6.07) is 74.3. The molecule has 1 aliphatic carbocycles. The minimum Gasteiger partial charge on any atom is -0.208 e. The molecule has 0 spiro atoms.